The van der Waals surface area contributed by atoms with Crippen LogP contribution in [0, 0.1) is 6.92 Å². The van der Waals surface area contributed by atoms with Crippen molar-refractivity contribution in [1.82, 2.24) is 15.0 Å². The average molecular weight is 630 g/mol. The number of furan rings is 2. The third-order valence-corrected chi connectivity index (χ3v) is 9.48. The lowest BCUT2D eigenvalue weighted by atomic mass is 9.94. The molecule has 49 heavy (non-hydrogen) atoms. The molecule has 10 rings (SSSR count). The zero-order valence-electron chi connectivity index (χ0n) is 26.5. The van der Waals surface area contributed by atoms with Crippen LogP contribution in [0.1, 0.15) is 5.56 Å². The Bertz CT molecular complexity index is 2910. The summed E-state index contributed by atoms with van der Waals surface area (Å²) < 4.78 is 12.8. The Morgan fingerprint density at radius 2 is 0.898 bits per heavy atom. The summed E-state index contributed by atoms with van der Waals surface area (Å²) in [6.07, 6.45) is 0. The quantitative estimate of drug-likeness (QED) is 0.194. The molecule has 0 saturated heterocycles. The summed E-state index contributed by atoms with van der Waals surface area (Å²) in [5.41, 5.74) is 9.17. The highest BCUT2D eigenvalue weighted by molar-refractivity contribution is 6.15. The minimum absolute atomic E-state index is 0.576. The number of benzene rings is 7. The number of aryl methyl sites for hydroxylation is 1. The summed E-state index contributed by atoms with van der Waals surface area (Å²) in [4.78, 5) is 15.7. The summed E-state index contributed by atoms with van der Waals surface area (Å²) in [7, 11) is 0. The molecular formula is C44H27N3O2. The first-order valence-corrected chi connectivity index (χ1v) is 16.4. The third-order valence-electron chi connectivity index (χ3n) is 9.48. The first-order chi connectivity index (χ1) is 24.2. The maximum absolute atomic E-state index is 6.55. The zero-order chi connectivity index (χ0) is 32.5. The molecular weight excluding hydrogens is 603 g/mol. The number of nitrogens with zero attached hydrogens (tertiary/aromatic N) is 3. The lowest BCUT2D eigenvalue weighted by Gasteiger charge is -2.13. The second-order valence-electron chi connectivity index (χ2n) is 12.4. The normalized spacial score (nSPS) is 11.8. The van der Waals surface area contributed by atoms with Crippen molar-refractivity contribution in [3.63, 3.8) is 0 Å². The molecule has 0 aliphatic carbocycles. The Morgan fingerprint density at radius 3 is 1.67 bits per heavy atom. The van der Waals surface area contributed by atoms with Crippen molar-refractivity contribution < 1.29 is 8.83 Å². The molecule has 0 aliphatic heterocycles. The van der Waals surface area contributed by atoms with Gasteiger partial charge in [0, 0.05) is 38.2 Å². The van der Waals surface area contributed by atoms with E-state index in [1.165, 1.54) is 10.8 Å². The molecule has 10 aromatic rings. The van der Waals surface area contributed by atoms with Crippen molar-refractivity contribution in [2.45, 2.75) is 6.92 Å². The number of hydrogen-bond acceptors (Lipinski definition) is 5. The van der Waals surface area contributed by atoms with Crippen LogP contribution in [0.15, 0.2) is 154 Å². The molecule has 0 unspecified atom stereocenters. The highest BCUT2D eigenvalue weighted by Gasteiger charge is 2.22. The van der Waals surface area contributed by atoms with Crippen LogP contribution >= 0.6 is 0 Å². The van der Waals surface area contributed by atoms with Crippen molar-refractivity contribution in [2.75, 3.05) is 0 Å². The van der Waals surface area contributed by atoms with E-state index in [2.05, 4.69) is 91.9 Å². The number of para-hydroxylation sites is 2. The minimum atomic E-state index is 0.576. The molecule has 0 aliphatic rings. The van der Waals surface area contributed by atoms with Crippen molar-refractivity contribution in [1.29, 1.82) is 0 Å². The van der Waals surface area contributed by atoms with Gasteiger partial charge in [-0.15, -0.1) is 0 Å². The largest absolute Gasteiger partial charge is 0.456 e. The van der Waals surface area contributed by atoms with Gasteiger partial charge >= 0.3 is 0 Å². The Morgan fingerprint density at radius 1 is 0.388 bits per heavy atom. The summed E-state index contributed by atoms with van der Waals surface area (Å²) >= 11 is 0. The van der Waals surface area contributed by atoms with E-state index in [1.807, 2.05) is 60.7 Å². The van der Waals surface area contributed by atoms with E-state index >= 15 is 0 Å². The van der Waals surface area contributed by atoms with Gasteiger partial charge in [-0.05, 0) is 64.7 Å². The van der Waals surface area contributed by atoms with Gasteiger partial charge in [0.05, 0.1) is 0 Å². The van der Waals surface area contributed by atoms with E-state index in [4.69, 9.17) is 23.8 Å². The summed E-state index contributed by atoms with van der Waals surface area (Å²) in [5.74, 6) is 1.77. The number of rotatable bonds is 4. The standard InChI is InChI=1S/C44H27N3O2/c1-26-12-2-4-15-29(26)42-45-43(34-20-11-23-38-40(34)32-17-6-8-21-36(32)48-38)47-44(46-42)35-24-28(31-19-10-14-27-13-3-5-16-30(27)31)25-39-41(35)33-18-7-9-22-37(33)49-39/h2-25H,1H3. The average Bonchev–Trinajstić information content (AvgIpc) is 3.73. The molecule has 0 N–H and O–H groups in total. The number of aromatic nitrogens is 3. The van der Waals surface area contributed by atoms with Gasteiger partial charge < -0.3 is 8.83 Å². The molecule has 3 aromatic heterocycles. The molecule has 230 valence electrons. The molecule has 7 aromatic carbocycles. The van der Waals surface area contributed by atoms with Gasteiger partial charge in [-0.1, -0.05) is 115 Å². The smallest absolute Gasteiger partial charge is 0.164 e. The van der Waals surface area contributed by atoms with E-state index in [9.17, 15) is 0 Å². The van der Waals surface area contributed by atoms with Crippen molar-refractivity contribution >= 4 is 54.6 Å². The highest BCUT2D eigenvalue weighted by atomic mass is 16.3. The summed E-state index contributed by atoms with van der Waals surface area (Å²) in [5, 5.41) is 6.33. The van der Waals surface area contributed by atoms with Gasteiger partial charge in [-0.2, -0.15) is 0 Å². The lowest BCUT2D eigenvalue weighted by Crippen LogP contribution is -2.01. The minimum Gasteiger partial charge on any atom is -0.456 e. The third kappa shape index (κ3) is 4.36. The molecule has 3 heterocycles. The summed E-state index contributed by atoms with van der Waals surface area (Å²) in [6, 6.07) is 49.8. The van der Waals surface area contributed by atoms with Crippen LogP contribution in [0.25, 0.3) is 99.9 Å². The SMILES string of the molecule is Cc1ccccc1-c1nc(-c2cccc3oc4ccccc4c23)nc(-c2cc(-c3cccc4ccccc34)cc3oc4ccccc4c23)n1. The Kier molecular flexibility index (Phi) is 6.02. The van der Waals surface area contributed by atoms with E-state index in [-0.39, 0.29) is 0 Å². The van der Waals surface area contributed by atoms with Gasteiger partial charge in [0.1, 0.15) is 22.3 Å². The second-order valence-corrected chi connectivity index (χ2v) is 12.4. The second kappa shape index (κ2) is 10.7. The Balaban J connectivity index is 1.32. The van der Waals surface area contributed by atoms with E-state index in [0.717, 1.165) is 77.3 Å². The van der Waals surface area contributed by atoms with Crippen LogP contribution in [-0.2, 0) is 0 Å². The topological polar surface area (TPSA) is 65.0 Å². The summed E-state index contributed by atoms with van der Waals surface area (Å²) in [6.45, 7) is 2.09. The fourth-order valence-corrected chi connectivity index (χ4v) is 7.19. The van der Waals surface area contributed by atoms with E-state index in [0.29, 0.717) is 17.5 Å². The van der Waals surface area contributed by atoms with Gasteiger partial charge in [0.15, 0.2) is 17.5 Å². The molecule has 0 bridgehead atoms. The molecule has 0 amide bonds. The molecule has 0 atom stereocenters. The molecule has 0 fully saturated rings. The highest BCUT2D eigenvalue weighted by Crippen LogP contribution is 2.42. The van der Waals surface area contributed by atoms with Gasteiger partial charge in [0.2, 0.25) is 0 Å². The first-order valence-electron chi connectivity index (χ1n) is 16.4. The Hall–Kier alpha value is -6.59. The van der Waals surface area contributed by atoms with Crippen LogP contribution in [0.2, 0.25) is 0 Å². The molecule has 0 spiro atoms. The predicted molar refractivity (Wildman–Crippen MR) is 198 cm³/mol. The van der Waals surface area contributed by atoms with E-state index < -0.39 is 0 Å². The van der Waals surface area contributed by atoms with Crippen molar-refractivity contribution in [2.24, 2.45) is 0 Å². The lowest BCUT2D eigenvalue weighted by molar-refractivity contribution is 0.668. The zero-order valence-corrected chi connectivity index (χ0v) is 26.5. The van der Waals surface area contributed by atoms with Crippen LogP contribution in [0.5, 0.6) is 0 Å². The molecule has 5 heteroatoms. The monoisotopic (exact) mass is 629 g/mol. The van der Waals surface area contributed by atoms with Gasteiger partial charge in [0.25, 0.3) is 0 Å². The van der Waals surface area contributed by atoms with Crippen LogP contribution in [0.4, 0.5) is 0 Å². The fraction of sp³-hybridized carbons (Fsp3) is 0.0227. The van der Waals surface area contributed by atoms with Crippen molar-refractivity contribution in [3.8, 4) is 45.3 Å². The fourth-order valence-electron chi connectivity index (χ4n) is 7.19. The molecule has 5 nitrogen and oxygen atoms in total. The number of hydrogen-bond donors (Lipinski definition) is 0. The van der Waals surface area contributed by atoms with Gasteiger partial charge in [-0.25, -0.2) is 15.0 Å². The van der Waals surface area contributed by atoms with Crippen LogP contribution in [0.3, 0.4) is 0 Å². The molecule has 0 saturated carbocycles. The number of fused-ring (bicyclic) bond motifs is 7. The van der Waals surface area contributed by atoms with Crippen molar-refractivity contribution in [3.05, 3.63) is 151 Å². The van der Waals surface area contributed by atoms with E-state index in [1.54, 1.807) is 0 Å². The van der Waals surface area contributed by atoms with Crippen LogP contribution in [-0.4, -0.2) is 15.0 Å². The maximum Gasteiger partial charge on any atom is 0.164 e. The first kappa shape index (κ1) is 27.5. The Labute approximate surface area is 281 Å². The molecule has 0 radical (unpaired) electrons. The van der Waals surface area contributed by atoms with Gasteiger partial charge in [-0.3, -0.25) is 0 Å². The van der Waals surface area contributed by atoms with Crippen LogP contribution < -0.4 is 0 Å². The predicted octanol–water partition coefficient (Wildman–Crippen LogP) is 11.8. The maximum atomic E-state index is 6.55.